The van der Waals surface area contributed by atoms with Crippen LogP contribution in [-0.4, -0.2) is 41.5 Å². The van der Waals surface area contributed by atoms with Gasteiger partial charge in [0.25, 0.3) is 0 Å². The molecule has 0 atom stereocenters. The molecule has 0 aromatic rings. The Bertz CT molecular complexity index is 304. The van der Waals surface area contributed by atoms with Gasteiger partial charge in [-0.2, -0.15) is 0 Å². The van der Waals surface area contributed by atoms with E-state index in [0.717, 1.165) is 25.7 Å². The summed E-state index contributed by atoms with van der Waals surface area (Å²) in [5.41, 5.74) is 5.33. The third-order valence-corrected chi connectivity index (χ3v) is 3.92. The molecule has 1 aliphatic heterocycles. The number of carbonyl (C=O) groups excluding carboxylic acids is 1. The van der Waals surface area contributed by atoms with Gasteiger partial charge in [-0.3, -0.25) is 9.59 Å². The first kappa shape index (κ1) is 11.4. The van der Waals surface area contributed by atoms with Gasteiger partial charge in [0.1, 0.15) is 0 Å². The Kier molecular flexibility index (Phi) is 2.88. The quantitative estimate of drug-likeness (QED) is 0.712. The number of rotatable bonds is 3. The fraction of sp³-hybridized carbons (Fsp3) is 0.818. The summed E-state index contributed by atoms with van der Waals surface area (Å²) in [6, 6.07) is 0. The number of hydrogen-bond acceptors (Lipinski definition) is 3. The monoisotopic (exact) mass is 226 g/mol. The van der Waals surface area contributed by atoms with Crippen molar-refractivity contribution in [3.05, 3.63) is 0 Å². The second-order valence-corrected chi connectivity index (χ2v) is 4.94. The molecule has 0 unspecified atom stereocenters. The molecule has 0 aromatic carbocycles. The maximum absolute atomic E-state index is 12.2. The third kappa shape index (κ3) is 1.69. The van der Waals surface area contributed by atoms with Gasteiger partial charge >= 0.3 is 5.97 Å². The van der Waals surface area contributed by atoms with E-state index in [2.05, 4.69) is 0 Å². The summed E-state index contributed by atoms with van der Waals surface area (Å²) in [6.07, 6.45) is 3.82. The van der Waals surface area contributed by atoms with Crippen LogP contribution in [0.1, 0.15) is 25.7 Å². The van der Waals surface area contributed by atoms with Gasteiger partial charge in [-0.1, -0.05) is 12.8 Å². The van der Waals surface area contributed by atoms with Gasteiger partial charge in [0, 0.05) is 19.6 Å². The topological polar surface area (TPSA) is 83.6 Å². The molecular weight excluding hydrogens is 208 g/mol. The lowest BCUT2D eigenvalue weighted by atomic mass is 9.82. The van der Waals surface area contributed by atoms with E-state index in [1.54, 1.807) is 4.90 Å². The van der Waals surface area contributed by atoms with Crippen LogP contribution in [0.5, 0.6) is 0 Å². The van der Waals surface area contributed by atoms with Gasteiger partial charge in [-0.15, -0.1) is 0 Å². The van der Waals surface area contributed by atoms with Gasteiger partial charge in [0.2, 0.25) is 5.91 Å². The molecule has 0 aromatic heterocycles. The number of carbonyl (C=O) groups is 2. The highest BCUT2D eigenvalue weighted by Gasteiger charge is 2.46. The molecule has 0 spiro atoms. The second kappa shape index (κ2) is 4.05. The summed E-state index contributed by atoms with van der Waals surface area (Å²) in [5.74, 6) is -1.11. The van der Waals surface area contributed by atoms with E-state index in [-0.39, 0.29) is 17.2 Å². The molecule has 90 valence electrons. The Balaban J connectivity index is 1.96. The first-order valence-electron chi connectivity index (χ1n) is 5.81. The number of carboxylic acid groups (broad SMARTS) is 1. The maximum Gasteiger partial charge on any atom is 0.310 e. The molecule has 2 rings (SSSR count). The van der Waals surface area contributed by atoms with Crippen molar-refractivity contribution in [2.75, 3.05) is 19.6 Å². The zero-order valence-corrected chi connectivity index (χ0v) is 9.32. The van der Waals surface area contributed by atoms with Crippen LogP contribution in [0.2, 0.25) is 0 Å². The number of likely N-dealkylation sites (tertiary alicyclic amines) is 1. The minimum absolute atomic E-state index is 0.0741. The molecule has 3 N–H and O–H groups in total. The molecule has 1 heterocycles. The number of nitrogens with two attached hydrogens (primary N) is 1. The zero-order chi connectivity index (χ0) is 11.8. The van der Waals surface area contributed by atoms with Crippen molar-refractivity contribution < 1.29 is 14.7 Å². The second-order valence-electron chi connectivity index (χ2n) is 4.94. The fourth-order valence-electron chi connectivity index (χ4n) is 2.69. The smallest absolute Gasteiger partial charge is 0.310 e. The minimum Gasteiger partial charge on any atom is -0.481 e. The Morgan fingerprint density at radius 3 is 2.31 bits per heavy atom. The van der Waals surface area contributed by atoms with Crippen molar-refractivity contribution in [1.29, 1.82) is 0 Å². The summed E-state index contributed by atoms with van der Waals surface area (Å²) < 4.78 is 0. The Morgan fingerprint density at radius 1 is 1.31 bits per heavy atom. The first-order chi connectivity index (χ1) is 7.59. The molecule has 0 radical (unpaired) electrons. The molecule has 0 bridgehead atoms. The average Bonchev–Trinajstić information content (AvgIpc) is 2.63. The zero-order valence-electron chi connectivity index (χ0n) is 9.32. The number of amides is 1. The molecule has 2 fully saturated rings. The number of aliphatic carboxylic acids is 1. The minimum atomic E-state index is -0.808. The van der Waals surface area contributed by atoms with E-state index in [4.69, 9.17) is 10.8 Å². The molecule has 1 aliphatic carbocycles. The lowest BCUT2D eigenvalue weighted by molar-refractivity contribution is -0.157. The highest BCUT2D eigenvalue weighted by molar-refractivity contribution is 5.86. The summed E-state index contributed by atoms with van der Waals surface area (Å²) >= 11 is 0. The van der Waals surface area contributed by atoms with Crippen molar-refractivity contribution in [3.63, 3.8) is 0 Å². The molecular formula is C11H18N2O3. The van der Waals surface area contributed by atoms with Gasteiger partial charge in [0.05, 0.1) is 11.3 Å². The van der Waals surface area contributed by atoms with E-state index in [1.165, 1.54) is 0 Å². The normalized spacial score (nSPS) is 24.2. The fourth-order valence-corrected chi connectivity index (χ4v) is 2.69. The van der Waals surface area contributed by atoms with Gasteiger partial charge in [0.15, 0.2) is 0 Å². The molecule has 5 nitrogen and oxygen atoms in total. The molecule has 1 amide bonds. The summed E-state index contributed by atoms with van der Waals surface area (Å²) in [5, 5.41) is 8.76. The van der Waals surface area contributed by atoms with Crippen molar-refractivity contribution >= 4 is 11.9 Å². The van der Waals surface area contributed by atoms with Crippen LogP contribution in [-0.2, 0) is 9.59 Å². The van der Waals surface area contributed by atoms with Crippen LogP contribution in [0.25, 0.3) is 0 Å². The highest BCUT2D eigenvalue weighted by Crippen LogP contribution is 2.40. The lowest BCUT2D eigenvalue weighted by Gasteiger charge is -2.42. The predicted molar refractivity (Wildman–Crippen MR) is 57.7 cm³/mol. The standard InChI is InChI=1S/C11H18N2O3/c12-7-11(3-1-2-4-11)10(16)13-5-8(6-13)9(14)15/h8H,1-7,12H2,(H,14,15). The van der Waals surface area contributed by atoms with Crippen molar-refractivity contribution in [3.8, 4) is 0 Å². The first-order valence-corrected chi connectivity index (χ1v) is 5.81. The Morgan fingerprint density at radius 2 is 1.88 bits per heavy atom. The summed E-state index contributed by atoms with van der Waals surface area (Å²) in [4.78, 5) is 24.5. The van der Waals surface area contributed by atoms with Crippen LogP contribution in [0.4, 0.5) is 0 Å². The molecule has 1 saturated carbocycles. The lowest BCUT2D eigenvalue weighted by Crippen LogP contribution is -2.58. The van der Waals surface area contributed by atoms with Crippen LogP contribution >= 0.6 is 0 Å². The predicted octanol–water partition coefficient (Wildman–Crippen LogP) is 0.0485. The highest BCUT2D eigenvalue weighted by atomic mass is 16.4. The SMILES string of the molecule is NCC1(C(=O)N2CC(C(=O)O)C2)CCCC1. The number of nitrogens with zero attached hydrogens (tertiary/aromatic N) is 1. The summed E-state index contributed by atoms with van der Waals surface area (Å²) in [6.45, 7) is 1.10. The molecule has 2 aliphatic rings. The van der Waals surface area contributed by atoms with Gasteiger partial charge < -0.3 is 15.7 Å². The van der Waals surface area contributed by atoms with Crippen molar-refractivity contribution in [1.82, 2.24) is 4.90 Å². The Hall–Kier alpha value is -1.10. The average molecular weight is 226 g/mol. The van der Waals surface area contributed by atoms with Crippen molar-refractivity contribution in [2.45, 2.75) is 25.7 Å². The number of carboxylic acids is 1. The van der Waals surface area contributed by atoms with E-state index in [0.29, 0.717) is 19.6 Å². The third-order valence-electron chi connectivity index (χ3n) is 3.92. The van der Waals surface area contributed by atoms with Crippen LogP contribution in [0.15, 0.2) is 0 Å². The van der Waals surface area contributed by atoms with E-state index >= 15 is 0 Å². The molecule has 1 saturated heterocycles. The van der Waals surface area contributed by atoms with Crippen LogP contribution < -0.4 is 5.73 Å². The van der Waals surface area contributed by atoms with E-state index in [9.17, 15) is 9.59 Å². The van der Waals surface area contributed by atoms with E-state index in [1.807, 2.05) is 0 Å². The van der Waals surface area contributed by atoms with Gasteiger partial charge in [-0.05, 0) is 12.8 Å². The van der Waals surface area contributed by atoms with Gasteiger partial charge in [-0.25, -0.2) is 0 Å². The largest absolute Gasteiger partial charge is 0.481 e. The number of hydrogen-bond donors (Lipinski definition) is 2. The van der Waals surface area contributed by atoms with Crippen LogP contribution in [0.3, 0.4) is 0 Å². The van der Waals surface area contributed by atoms with E-state index < -0.39 is 5.97 Å². The molecule has 16 heavy (non-hydrogen) atoms. The Labute approximate surface area is 94.6 Å². The summed E-state index contributed by atoms with van der Waals surface area (Å²) in [7, 11) is 0. The maximum atomic E-state index is 12.2. The van der Waals surface area contributed by atoms with Crippen LogP contribution in [0, 0.1) is 11.3 Å². The van der Waals surface area contributed by atoms with Crippen molar-refractivity contribution in [2.24, 2.45) is 17.1 Å². The molecule has 5 heteroatoms.